The average molecular weight is 967 g/mol. The maximum absolute atomic E-state index is 12.8. The summed E-state index contributed by atoms with van der Waals surface area (Å²) in [4.78, 5) is 67.8. The van der Waals surface area contributed by atoms with Gasteiger partial charge in [-0.05, 0) is 70.6 Å². The average Bonchev–Trinajstić information content (AvgIpc) is 3.83. The van der Waals surface area contributed by atoms with Crippen molar-refractivity contribution in [2.24, 2.45) is 5.73 Å². The van der Waals surface area contributed by atoms with Crippen LogP contribution in [0, 0.1) is 0 Å². The lowest BCUT2D eigenvalue weighted by Crippen LogP contribution is -2.50. The highest BCUT2D eigenvalue weighted by Crippen LogP contribution is 2.43. The number of esters is 2. The summed E-state index contributed by atoms with van der Waals surface area (Å²) in [5.74, 6) is -2.15. The summed E-state index contributed by atoms with van der Waals surface area (Å²) >= 11 is 0. The number of nitrogens with zero attached hydrogens (tertiary/aromatic N) is 1. The zero-order valence-corrected chi connectivity index (χ0v) is 42.4. The fraction of sp³-hybridized carbons (Fsp3) is 0.784. The van der Waals surface area contributed by atoms with E-state index in [-0.39, 0.29) is 45.3 Å². The highest BCUT2D eigenvalue weighted by molar-refractivity contribution is 7.47. The van der Waals surface area contributed by atoms with E-state index in [0.717, 1.165) is 77.0 Å². The molecule has 1 rings (SSSR count). The van der Waals surface area contributed by atoms with Crippen molar-refractivity contribution in [1.29, 1.82) is 0 Å². The van der Waals surface area contributed by atoms with Gasteiger partial charge in [-0.1, -0.05) is 141 Å². The van der Waals surface area contributed by atoms with Crippen LogP contribution in [-0.4, -0.2) is 88.2 Å². The number of aliphatic hydroxyl groups is 1. The highest BCUT2D eigenvalue weighted by atomic mass is 31.2. The smallest absolute Gasteiger partial charge is 0.462 e. The zero-order chi connectivity index (χ0) is 49.1. The number of phosphoric ester groups is 1. The van der Waals surface area contributed by atoms with Gasteiger partial charge in [-0.25, -0.2) is 9.55 Å². The van der Waals surface area contributed by atoms with Gasteiger partial charge in [0.2, 0.25) is 5.91 Å². The Morgan fingerprint density at radius 2 is 1.18 bits per heavy atom. The molecular weight excluding hydrogens is 876 g/mol. The maximum atomic E-state index is 12.8. The molecule has 16 heteroatoms. The van der Waals surface area contributed by atoms with E-state index in [2.05, 4.69) is 53.4 Å². The van der Waals surface area contributed by atoms with E-state index in [1.807, 2.05) is 0 Å². The van der Waals surface area contributed by atoms with Crippen molar-refractivity contribution < 1.29 is 52.3 Å². The van der Waals surface area contributed by atoms with Crippen molar-refractivity contribution in [3.05, 3.63) is 42.5 Å². The third-order valence-electron chi connectivity index (χ3n) is 11.5. The standard InChI is InChI=1S/C51H91N4O11P/c1-3-5-7-9-11-13-15-17-19-21-23-25-27-29-31-35-49(58)63-41-45(66-50(59)36-32-30-28-26-24-22-20-18-16-14-12-10-8-6-4-2)42-65-67(61,62)64-37-33-34-48(57)47(40-56)55-51(60)46(52)38-44-39-53-43-54-44/h17-20,39,43,45-47,56H,3-16,21-38,40-42,52H2,1-2H3,(H,53,54)(H,55,60)(H,61,62)/b19-17-,20-18-. The number of H-pyrrole nitrogens is 1. The third-order valence-corrected chi connectivity index (χ3v) is 12.5. The van der Waals surface area contributed by atoms with Gasteiger partial charge in [-0.2, -0.15) is 0 Å². The van der Waals surface area contributed by atoms with Gasteiger partial charge in [0.1, 0.15) is 12.6 Å². The minimum atomic E-state index is -4.69. The number of nitrogens with two attached hydrogens (primary N) is 1. The fourth-order valence-corrected chi connectivity index (χ4v) is 8.14. The summed E-state index contributed by atoms with van der Waals surface area (Å²) in [6.45, 7) is 2.52. The molecule has 386 valence electrons. The number of nitrogens with one attached hydrogen (secondary N) is 2. The van der Waals surface area contributed by atoms with Gasteiger partial charge >= 0.3 is 19.8 Å². The van der Waals surface area contributed by atoms with Crippen LogP contribution in [0.3, 0.4) is 0 Å². The van der Waals surface area contributed by atoms with Crippen molar-refractivity contribution in [2.45, 2.75) is 231 Å². The first-order valence-electron chi connectivity index (χ1n) is 25.9. The van der Waals surface area contributed by atoms with Crippen LogP contribution in [0.4, 0.5) is 0 Å². The van der Waals surface area contributed by atoms with E-state index < -0.39 is 62.9 Å². The van der Waals surface area contributed by atoms with Gasteiger partial charge < -0.3 is 35.5 Å². The molecule has 15 nitrogen and oxygen atoms in total. The monoisotopic (exact) mass is 967 g/mol. The number of carbonyl (C=O) groups is 4. The van der Waals surface area contributed by atoms with Gasteiger partial charge in [0.05, 0.1) is 32.2 Å². The molecule has 1 heterocycles. The Morgan fingerprint density at radius 3 is 1.67 bits per heavy atom. The molecule has 67 heavy (non-hydrogen) atoms. The summed E-state index contributed by atoms with van der Waals surface area (Å²) < 4.78 is 34.0. The predicted octanol–water partition coefficient (Wildman–Crippen LogP) is 10.8. The molecule has 0 radical (unpaired) electrons. The molecule has 0 bridgehead atoms. The maximum Gasteiger partial charge on any atom is 0.472 e. The molecule has 0 spiro atoms. The number of allylic oxidation sites excluding steroid dienone is 4. The van der Waals surface area contributed by atoms with Gasteiger partial charge in [-0.3, -0.25) is 28.2 Å². The van der Waals surface area contributed by atoms with E-state index in [1.165, 1.54) is 89.6 Å². The number of unbranched alkanes of at least 4 members (excludes halogenated alkanes) is 22. The Morgan fingerprint density at radius 1 is 0.687 bits per heavy atom. The van der Waals surface area contributed by atoms with Crippen LogP contribution in [0.15, 0.2) is 36.8 Å². The second kappa shape index (κ2) is 42.9. The molecule has 0 saturated heterocycles. The second-order valence-corrected chi connectivity index (χ2v) is 19.2. The molecule has 1 amide bonds. The molecule has 4 atom stereocenters. The lowest BCUT2D eigenvalue weighted by Gasteiger charge is -2.20. The van der Waals surface area contributed by atoms with Crippen molar-refractivity contribution in [3.63, 3.8) is 0 Å². The van der Waals surface area contributed by atoms with E-state index in [9.17, 15) is 33.7 Å². The molecular formula is C51H91N4O11P. The van der Waals surface area contributed by atoms with Gasteiger partial charge in [0, 0.05) is 37.6 Å². The minimum absolute atomic E-state index is 0.0261. The molecule has 0 aliphatic carbocycles. The number of ether oxygens (including phenoxy) is 2. The molecule has 1 aromatic rings. The first-order valence-corrected chi connectivity index (χ1v) is 27.4. The third kappa shape index (κ3) is 37.4. The largest absolute Gasteiger partial charge is 0.472 e. The SMILES string of the molecule is CCCCCCCC/C=C\CCCCCCCC(=O)OCC(COP(=O)(O)OCCCC(=O)C(CO)NC(=O)C(N)Cc1cnc[nH]1)OC(=O)CCCCCCC/C=C\CCCCCCCC. The van der Waals surface area contributed by atoms with E-state index in [4.69, 9.17) is 24.3 Å². The quantitative estimate of drug-likeness (QED) is 0.0177. The topological polar surface area (TPSA) is 229 Å². The molecule has 0 aliphatic rings. The first kappa shape index (κ1) is 61.8. The fourth-order valence-electron chi connectivity index (χ4n) is 7.35. The van der Waals surface area contributed by atoms with Crippen LogP contribution in [0.2, 0.25) is 0 Å². The second-order valence-electron chi connectivity index (χ2n) is 17.8. The van der Waals surface area contributed by atoms with Crippen molar-refractivity contribution in [3.8, 4) is 0 Å². The summed E-state index contributed by atoms with van der Waals surface area (Å²) in [5.41, 5.74) is 6.55. The number of aliphatic hydroxyl groups excluding tert-OH is 1. The number of aromatic nitrogens is 2. The normalized spacial score (nSPS) is 14.0. The Bertz CT molecular complexity index is 1490. The lowest BCUT2D eigenvalue weighted by atomic mass is 10.1. The zero-order valence-electron chi connectivity index (χ0n) is 41.5. The van der Waals surface area contributed by atoms with E-state index >= 15 is 0 Å². The Kier molecular flexibility index (Phi) is 39.6. The summed E-state index contributed by atoms with van der Waals surface area (Å²) in [6, 6.07) is -2.21. The number of Topliss-reactive ketones (excluding diaryl/α,β-unsaturated/α-hetero) is 1. The summed E-state index contributed by atoms with van der Waals surface area (Å²) in [7, 11) is -4.69. The number of rotatable bonds is 47. The predicted molar refractivity (Wildman–Crippen MR) is 265 cm³/mol. The van der Waals surface area contributed by atoms with Crippen LogP contribution in [0.5, 0.6) is 0 Å². The molecule has 4 unspecified atom stereocenters. The number of amides is 1. The van der Waals surface area contributed by atoms with Crippen LogP contribution in [0.25, 0.3) is 0 Å². The lowest BCUT2D eigenvalue weighted by molar-refractivity contribution is -0.161. The number of ketones is 1. The van der Waals surface area contributed by atoms with Gasteiger partial charge in [0.15, 0.2) is 11.9 Å². The number of aromatic amines is 1. The molecule has 0 saturated carbocycles. The van der Waals surface area contributed by atoms with Crippen LogP contribution < -0.4 is 11.1 Å². The molecule has 0 aliphatic heterocycles. The van der Waals surface area contributed by atoms with E-state index in [1.54, 1.807) is 0 Å². The molecule has 1 aromatic heterocycles. The van der Waals surface area contributed by atoms with Crippen LogP contribution in [0.1, 0.15) is 212 Å². The van der Waals surface area contributed by atoms with E-state index in [0.29, 0.717) is 18.5 Å². The summed E-state index contributed by atoms with van der Waals surface area (Å²) in [6.07, 6.45) is 40.7. The van der Waals surface area contributed by atoms with Crippen LogP contribution >= 0.6 is 7.82 Å². The minimum Gasteiger partial charge on any atom is -0.462 e. The van der Waals surface area contributed by atoms with Crippen molar-refractivity contribution in [2.75, 3.05) is 26.4 Å². The Balaban J connectivity index is 2.49. The Hall–Kier alpha value is -3.20. The van der Waals surface area contributed by atoms with Crippen LogP contribution in [-0.2, 0) is 48.7 Å². The number of hydrogen-bond acceptors (Lipinski definition) is 12. The molecule has 6 N–H and O–H groups in total. The Labute approximate surface area is 403 Å². The number of phosphoric acid groups is 1. The first-order chi connectivity index (χ1) is 32.5. The van der Waals surface area contributed by atoms with Gasteiger partial charge in [0.25, 0.3) is 0 Å². The number of imidazole rings is 1. The van der Waals surface area contributed by atoms with Crippen molar-refractivity contribution in [1.82, 2.24) is 15.3 Å². The molecule has 0 aromatic carbocycles. The molecule has 0 fully saturated rings. The number of hydrogen-bond donors (Lipinski definition) is 5. The number of carbonyl (C=O) groups excluding carboxylic acids is 4. The van der Waals surface area contributed by atoms with Gasteiger partial charge in [-0.15, -0.1) is 0 Å². The summed E-state index contributed by atoms with van der Waals surface area (Å²) in [5, 5.41) is 12.1. The van der Waals surface area contributed by atoms with Crippen molar-refractivity contribution >= 4 is 31.5 Å². The highest BCUT2D eigenvalue weighted by Gasteiger charge is 2.27.